The highest BCUT2D eigenvalue weighted by Crippen LogP contribution is 2.33. The van der Waals surface area contributed by atoms with E-state index in [9.17, 15) is 4.79 Å². The Hall–Kier alpha value is -1.86. The number of carbonyl (C=O) groups is 1. The van der Waals surface area contributed by atoms with Gasteiger partial charge in [0, 0.05) is 23.9 Å². The number of carbonyl (C=O) groups excluding carboxylic acids is 1. The third-order valence-corrected chi connectivity index (χ3v) is 5.99. The Balaban J connectivity index is 1.98. The lowest BCUT2D eigenvalue weighted by Gasteiger charge is -2.15. The van der Waals surface area contributed by atoms with Crippen LogP contribution in [0.4, 0.5) is 0 Å². The zero-order valence-corrected chi connectivity index (χ0v) is 20.2. The van der Waals surface area contributed by atoms with E-state index in [1.807, 2.05) is 36.4 Å². The van der Waals surface area contributed by atoms with Gasteiger partial charge in [0.15, 0.2) is 5.78 Å². The molecule has 1 heterocycles. The normalized spacial score (nSPS) is 11.2. The van der Waals surface area contributed by atoms with Crippen LogP contribution < -0.4 is 10.1 Å². The fourth-order valence-corrected chi connectivity index (χ4v) is 4.45. The zero-order chi connectivity index (χ0) is 21.5. The maximum Gasteiger partial charge on any atom is 0.197 e. The lowest BCUT2D eigenvalue weighted by atomic mass is 9.96. The number of hydrogen-bond donors (Lipinski definition) is 1. The van der Waals surface area contributed by atoms with Gasteiger partial charge in [-0.1, -0.05) is 45.4 Å². The van der Waals surface area contributed by atoms with Crippen molar-refractivity contribution in [2.45, 2.75) is 46.5 Å². The summed E-state index contributed by atoms with van der Waals surface area (Å²) < 4.78 is 13.1. The molecule has 0 aliphatic carbocycles. The zero-order valence-electron chi connectivity index (χ0n) is 18.0. The van der Waals surface area contributed by atoms with Gasteiger partial charge in [0.05, 0.1) is 9.13 Å². The molecule has 0 unspecified atom stereocenters. The molecule has 0 spiro atoms. The molecule has 1 N–H and O–H groups in total. The molecule has 0 saturated carbocycles. The number of likely N-dealkylation sites (N-methyl/N-ethyl adjacent to an activating group) is 1. The minimum Gasteiger partial charge on any atom is -0.491 e. The molecule has 1 aromatic heterocycles. The molecule has 3 rings (SSSR count). The van der Waals surface area contributed by atoms with E-state index in [0.717, 1.165) is 70.4 Å². The van der Waals surface area contributed by atoms with Crippen molar-refractivity contribution in [1.29, 1.82) is 0 Å². The number of unbranched alkanes of at least 4 members (excludes halogenated alkanes) is 1. The molecular weight excluding hydrogens is 489 g/mol. The van der Waals surface area contributed by atoms with E-state index in [-0.39, 0.29) is 5.78 Å². The van der Waals surface area contributed by atoms with Crippen LogP contribution in [0.3, 0.4) is 0 Å². The van der Waals surface area contributed by atoms with Crippen molar-refractivity contribution in [3.8, 4) is 5.75 Å². The first kappa shape index (κ1) is 22.8. The highest BCUT2D eigenvalue weighted by atomic mass is 127. The molecule has 0 atom stereocenters. The summed E-state index contributed by atoms with van der Waals surface area (Å²) in [6.45, 7) is 8.66. The second kappa shape index (κ2) is 11.0. The first-order valence-electron chi connectivity index (χ1n) is 10.8. The van der Waals surface area contributed by atoms with Crippen LogP contribution in [-0.2, 0) is 12.8 Å². The molecule has 160 valence electrons. The van der Waals surface area contributed by atoms with Gasteiger partial charge in [0.2, 0.25) is 0 Å². The molecule has 2 aromatic carbocycles. The molecular formula is C25H30INO3. The molecule has 3 aromatic rings. The summed E-state index contributed by atoms with van der Waals surface area (Å²) in [6.07, 6.45) is 3.63. The first-order valence-corrected chi connectivity index (χ1v) is 11.9. The molecule has 0 aliphatic heterocycles. The molecule has 0 amide bonds. The third kappa shape index (κ3) is 5.06. The van der Waals surface area contributed by atoms with Gasteiger partial charge in [-0.05, 0) is 65.7 Å². The number of ketones is 1. The highest BCUT2D eigenvalue weighted by molar-refractivity contribution is 14.1. The highest BCUT2D eigenvalue weighted by Gasteiger charge is 2.23. The predicted molar refractivity (Wildman–Crippen MR) is 131 cm³/mol. The van der Waals surface area contributed by atoms with Crippen LogP contribution in [0, 0.1) is 3.57 Å². The summed E-state index contributed by atoms with van der Waals surface area (Å²) in [7, 11) is 0. The quantitative estimate of drug-likeness (QED) is 0.187. The maximum atomic E-state index is 13.6. The van der Waals surface area contributed by atoms with Crippen molar-refractivity contribution >= 4 is 39.3 Å². The average molecular weight is 519 g/mol. The van der Waals surface area contributed by atoms with Crippen molar-refractivity contribution in [1.82, 2.24) is 5.32 Å². The first-order chi connectivity index (χ1) is 14.6. The van der Waals surface area contributed by atoms with Gasteiger partial charge in [-0.2, -0.15) is 0 Å². The Morgan fingerprint density at radius 3 is 2.70 bits per heavy atom. The maximum absolute atomic E-state index is 13.6. The number of nitrogens with one attached hydrogen (secondary N) is 1. The van der Waals surface area contributed by atoms with Crippen LogP contribution in [0.5, 0.6) is 5.75 Å². The Morgan fingerprint density at radius 1 is 1.17 bits per heavy atom. The molecule has 0 bridgehead atoms. The second-order valence-corrected chi connectivity index (χ2v) is 8.49. The number of rotatable bonds is 11. The number of ether oxygens (including phenoxy) is 1. The second-order valence-electron chi connectivity index (χ2n) is 7.33. The van der Waals surface area contributed by atoms with E-state index in [0.29, 0.717) is 17.7 Å². The fraction of sp³-hybridized carbons (Fsp3) is 0.400. The van der Waals surface area contributed by atoms with Crippen LogP contribution >= 0.6 is 22.6 Å². The molecule has 5 heteroatoms. The van der Waals surface area contributed by atoms with Gasteiger partial charge in [-0.3, -0.25) is 4.79 Å². The predicted octanol–water partition coefficient (Wildman–Crippen LogP) is 6.16. The van der Waals surface area contributed by atoms with Crippen molar-refractivity contribution in [3.63, 3.8) is 0 Å². The van der Waals surface area contributed by atoms with Crippen molar-refractivity contribution in [2.75, 3.05) is 19.7 Å². The molecule has 0 aliphatic rings. The minimum atomic E-state index is 0.0258. The fourth-order valence-electron chi connectivity index (χ4n) is 3.61. The van der Waals surface area contributed by atoms with Gasteiger partial charge in [-0.15, -0.1) is 0 Å². The molecule has 0 fully saturated rings. The number of fused-ring (bicyclic) bond motifs is 1. The van der Waals surface area contributed by atoms with E-state index >= 15 is 0 Å². The molecule has 0 radical (unpaired) electrons. The Kier molecular flexibility index (Phi) is 8.33. The Morgan fingerprint density at radius 2 is 1.97 bits per heavy atom. The number of hydrogen-bond acceptors (Lipinski definition) is 4. The van der Waals surface area contributed by atoms with Crippen LogP contribution in [0.1, 0.15) is 60.9 Å². The van der Waals surface area contributed by atoms with Gasteiger partial charge in [0.25, 0.3) is 0 Å². The summed E-state index contributed by atoms with van der Waals surface area (Å²) in [6, 6.07) is 11.7. The van der Waals surface area contributed by atoms with E-state index in [2.05, 4.69) is 48.7 Å². The molecule has 30 heavy (non-hydrogen) atoms. The van der Waals surface area contributed by atoms with Crippen LogP contribution in [0.15, 0.2) is 40.8 Å². The topological polar surface area (TPSA) is 51.5 Å². The lowest BCUT2D eigenvalue weighted by molar-refractivity contribution is 0.103. The third-order valence-electron chi connectivity index (χ3n) is 5.19. The van der Waals surface area contributed by atoms with Crippen LogP contribution in [0.2, 0.25) is 0 Å². The summed E-state index contributed by atoms with van der Waals surface area (Å²) in [5, 5.41) is 4.17. The van der Waals surface area contributed by atoms with E-state index in [1.165, 1.54) is 0 Å². The van der Waals surface area contributed by atoms with Gasteiger partial charge in [-0.25, -0.2) is 0 Å². The van der Waals surface area contributed by atoms with Gasteiger partial charge < -0.3 is 14.5 Å². The lowest BCUT2D eigenvalue weighted by Crippen LogP contribution is -2.21. The Bertz CT molecular complexity index is 1010. The SMILES string of the molecule is CCCCc1oc2ccccc2c1C(=O)c1cc(I)c(OCCNCC)c(CC)c1. The summed E-state index contributed by atoms with van der Waals surface area (Å²) in [5.74, 6) is 1.70. The number of furan rings is 1. The van der Waals surface area contributed by atoms with Crippen molar-refractivity contribution in [3.05, 3.63) is 62.4 Å². The number of para-hydroxylation sites is 1. The summed E-state index contributed by atoms with van der Waals surface area (Å²) in [5.41, 5.74) is 3.24. The van der Waals surface area contributed by atoms with E-state index in [4.69, 9.17) is 9.15 Å². The minimum absolute atomic E-state index is 0.0258. The molecule has 4 nitrogen and oxygen atoms in total. The van der Waals surface area contributed by atoms with Gasteiger partial charge in [0.1, 0.15) is 23.7 Å². The summed E-state index contributed by atoms with van der Waals surface area (Å²) in [4.78, 5) is 13.6. The van der Waals surface area contributed by atoms with Crippen molar-refractivity contribution < 1.29 is 13.9 Å². The molecule has 0 saturated heterocycles. The number of benzene rings is 2. The van der Waals surface area contributed by atoms with Crippen LogP contribution in [-0.4, -0.2) is 25.5 Å². The van der Waals surface area contributed by atoms with Crippen molar-refractivity contribution in [2.24, 2.45) is 0 Å². The van der Waals surface area contributed by atoms with Crippen LogP contribution in [0.25, 0.3) is 11.0 Å². The average Bonchev–Trinajstić information content (AvgIpc) is 3.13. The van der Waals surface area contributed by atoms with E-state index < -0.39 is 0 Å². The number of aryl methyl sites for hydroxylation is 2. The Labute approximate surface area is 192 Å². The largest absolute Gasteiger partial charge is 0.491 e. The standard InChI is InChI=1S/C25H30INO3/c1-4-7-11-22-23(19-10-8-9-12-21(19)30-22)24(28)18-15-17(5-2)25(20(26)16-18)29-14-13-27-6-3/h8-10,12,15-16,27H,4-7,11,13-14H2,1-3H3. The summed E-state index contributed by atoms with van der Waals surface area (Å²) >= 11 is 2.28. The number of halogens is 1. The van der Waals surface area contributed by atoms with E-state index in [1.54, 1.807) is 0 Å². The van der Waals surface area contributed by atoms with Gasteiger partial charge >= 0.3 is 0 Å². The monoisotopic (exact) mass is 519 g/mol. The smallest absolute Gasteiger partial charge is 0.197 e.